The van der Waals surface area contributed by atoms with Gasteiger partial charge >= 0.3 is 0 Å². The number of benzene rings is 1. The largest absolute Gasteiger partial charge is 0.472 e. The van der Waals surface area contributed by atoms with Gasteiger partial charge in [-0.2, -0.15) is 0 Å². The van der Waals surface area contributed by atoms with Crippen molar-refractivity contribution in [2.75, 3.05) is 0 Å². The van der Waals surface area contributed by atoms with Crippen molar-refractivity contribution in [1.82, 2.24) is 0 Å². The quantitative estimate of drug-likeness (QED) is 0.782. The second-order valence-corrected chi connectivity index (χ2v) is 3.82. The SMILES string of the molecule is O=C(c1ccoc1)c1ccc(F)cc1Br. The van der Waals surface area contributed by atoms with E-state index in [0.29, 0.717) is 15.6 Å². The summed E-state index contributed by atoms with van der Waals surface area (Å²) < 4.78 is 18.0. The van der Waals surface area contributed by atoms with Crippen molar-refractivity contribution >= 4 is 21.7 Å². The van der Waals surface area contributed by atoms with Crippen LogP contribution in [-0.2, 0) is 0 Å². The van der Waals surface area contributed by atoms with Gasteiger partial charge < -0.3 is 4.42 Å². The normalized spacial score (nSPS) is 10.3. The molecule has 0 aliphatic carbocycles. The number of carbonyl (C=O) groups excluding carboxylic acids is 1. The lowest BCUT2D eigenvalue weighted by Crippen LogP contribution is -2.00. The van der Waals surface area contributed by atoms with Gasteiger partial charge in [0.1, 0.15) is 12.1 Å². The van der Waals surface area contributed by atoms with Crippen molar-refractivity contribution in [2.45, 2.75) is 0 Å². The molecule has 4 heteroatoms. The van der Waals surface area contributed by atoms with Crippen LogP contribution in [0.3, 0.4) is 0 Å². The highest BCUT2D eigenvalue weighted by Gasteiger charge is 2.13. The fraction of sp³-hybridized carbons (Fsp3) is 0. The Morgan fingerprint density at radius 3 is 2.73 bits per heavy atom. The zero-order chi connectivity index (χ0) is 10.8. The summed E-state index contributed by atoms with van der Waals surface area (Å²) >= 11 is 3.14. The molecule has 0 N–H and O–H groups in total. The molecule has 0 aliphatic rings. The molecule has 0 aliphatic heterocycles. The maximum absolute atomic E-state index is 12.8. The first kappa shape index (κ1) is 10.1. The molecule has 0 spiro atoms. The Labute approximate surface area is 93.8 Å². The van der Waals surface area contributed by atoms with E-state index in [2.05, 4.69) is 15.9 Å². The van der Waals surface area contributed by atoms with E-state index >= 15 is 0 Å². The molecule has 0 fully saturated rings. The van der Waals surface area contributed by atoms with E-state index in [1.165, 1.54) is 30.7 Å². The number of ketones is 1. The Bertz CT molecular complexity index is 491. The fourth-order valence-corrected chi connectivity index (χ4v) is 1.75. The highest BCUT2D eigenvalue weighted by molar-refractivity contribution is 9.10. The molecule has 0 saturated carbocycles. The molecule has 15 heavy (non-hydrogen) atoms. The molecule has 1 aromatic carbocycles. The monoisotopic (exact) mass is 268 g/mol. The zero-order valence-corrected chi connectivity index (χ0v) is 9.12. The van der Waals surface area contributed by atoms with Crippen molar-refractivity contribution in [1.29, 1.82) is 0 Å². The van der Waals surface area contributed by atoms with Gasteiger partial charge in [-0.05, 0) is 40.2 Å². The second kappa shape index (κ2) is 3.98. The molecule has 0 atom stereocenters. The van der Waals surface area contributed by atoms with Crippen LogP contribution in [0.4, 0.5) is 4.39 Å². The first-order valence-electron chi connectivity index (χ1n) is 4.20. The van der Waals surface area contributed by atoms with Gasteiger partial charge in [-0.1, -0.05) is 0 Å². The molecule has 0 unspecified atom stereocenters. The van der Waals surface area contributed by atoms with Gasteiger partial charge in [-0.3, -0.25) is 4.79 Å². The van der Waals surface area contributed by atoms with Crippen LogP contribution in [0.2, 0.25) is 0 Å². The van der Waals surface area contributed by atoms with Gasteiger partial charge in [0.05, 0.1) is 11.8 Å². The van der Waals surface area contributed by atoms with Crippen molar-refractivity contribution < 1.29 is 13.6 Å². The summed E-state index contributed by atoms with van der Waals surface area (Å²) in [5.41, 5.74) is 0.861. The minimum atomic E-state index is -0.384. The highest BCUT2D eigenvalue weighted by Crippen LogP contribution is 2.21. The molecule has 0 bridgehead atoms. The van der Waals surface area contributed by atoms with Gasteiger partial charge in [0.25, 0.3) is 0 Å². The molecule has 2 aromatic rings. The third-order valence-electron chi connectivity index (χ3n) is 1.96. The first-order chi connectivity index (χ1) is 7.18. The lowest BCUT2D eigenvalue weighted by Gasteiger charge is -2.01. The smallest absolute Gasteiger partial charge is 0.197 e. The summed E-state index contributed by atoms with van der Waals surface area (Å²) in [5, 5.41) is 0. The van der Waals surface area contributed by atoms with E-state index in [1.54, 1.807) is 6.07 Å². The minimum Gasteiger partial charge on any atom is -0.472 e. The average Bonchev–Trinajstić information content (AvgIpc) is 2.69. The van der Waals surface area contributed by atoms with Crippen LogP contribution in [0, 0.1) is 5.82 Å². The molecule has 0 radical (unpaired) electrons. The number of rotatable bonds is 2. The van der Waals surface area contributed by atoms with Crippen LogP contribution < -0.4 is 0 Å². The second-order valence-electron chi connectivity index (χ2n) is 2.97. The summed E-state index contributed by atoms with van der Waals surface area (Å²) in [4.78, 5) is 11.8. The van der Waals surface area contributed by atoms with E-state index < -0.39 is 0 Å². The van der Waals surface area contributed by atoms with E-state index in [1.807, 2.05) is 0 Å². The van der Waals surface area contributed by atoms with E-state index in [9.17, 15) is 9.18 Å². The topological polar surface area (TPSA) is 30.2 Å². The molecular weight excluding hydrogens is 263 g/mol. The van der Waals surface area contributed by atoms with Crippen LogP contribution in [0.1, 0.15) is 15.9 Å². The fourth-order valence-electron chi connectivity index (χ4n) is 1.22. The lowest BCUT2D eigenvalue weighted by atomic mass is 10.1. The first-order valence-corrected chi connectivity index (χ1v) is 5.00. The number of hydrogen-bond donors (Lipinski definition) is 0. The Morgan fingerprint density at radius 1 is 1.33 bits per heavy atom. The van der Waals surface area contributed by atoms with Gasteiger partial charge in [0, 0.05) is 10.0 Å². The summed E-state index contributed by atoms with van der Waals surface area (Å²) in [7, 11) is 0. The third-order valence-corrected chi connectivity index (χ3v) is 2.62. The molecule has 1 aromatic heterocycles. The van der Waals surface area contributed by atoms with Crippen molar-refractivity contribution in [3.05, 3.63) is 58.2 Å². The lowest BCUT2D eigenvalue weighted by molar-refractivity contribution is 0.103. The summed E-state index contributed by atoms with van der Waals surface area (Å²) in [5.74, 6) is -0.582. The number of carbonyl (C=O) groups is 1. The predicted octanol–water partition coefficient (Wildman–Crippen LogP) is 3.41. The maximum atomic E-state index is 12.8. The van der Waals surface area contributed by atoms with Gasteiger partial charge in [0.15, 0.2) is 5.78 Å². The Hall–Kier alpha value is -1.42. The van der Waals surface area contributed by atoms with Gasteiger partial charge in [0.2, 0.25) is 0 Å². The molecule has 2 rings (SSSR count). The Balaban J connectivity index is 2.42. The predicted molar refractivity (Wildman–Crippen MR) is 56.2 cm³/mol. The Morgan fingerprint density at radius 2 is 2.13 bits per heavy atom. The van der Waals surface area contributed by atoms with E-state index in [0.717, 1.165) is 0 Å². The van der Waals surface area contributed by atoms with Crippen LogP contribution in [-0.4, -0.2) is 5.78 Å². The average molecular weight is 269 g/mol. The van der Waals surface area contributed by atoms with Crippen LogP contribution >= 0.6 is 15.9 Å². The van der Waals surface area contributed by atoms with Gasteiger partial charge in [-0.25, -0.2) is 4.39 Å². The summed E-state index contributed by atoms with van der Waals surface area (Å²) in [6.07, 6.45) is 2.78. The zero-order valence-electron chi connectivity index (χ0n) is 7.54. The van der Waals surface area contributed by atoms with Crippen molar-refractivity contribution in [3.8, 4) is 0 Å². The van der Waals surface area contributed by atoms with Gasteiger partial charge in [-0.15, -0.1) is 0 Å². The summed E-state index contributed by atoms with van der Waals surface area (Å²) in [6, 6.07) is 5.51. The van der Waals surface area contributed by atoms with Crippen LogP contribution in [0.25, 0.3) is 0 Å². The van der Waals surface area contributed by atoms with E-state index in [4.69, 9.17) is 4.42 Å². The maximum Gasteiger partial charge on any atom is 0.197 e. The van der Waals surface area contributed by atoms with Crippen LogP contribution in [0.15, 0.2) is 45.7 Å². The molecule has 0 saturated heterocycles. The molecule has 0 amide bonds. The van der Waals surface area contributed by atoms with Crippen LogP contribution in [0.5, 0.6) is 0 Å². The number of hydrogen-bond acceptors (Lipinski definition) is 2. The minimum absolute atomic E-state index is 0.198. The molecular formula is C11H6BrFO2. The van der Waals surface area contributed by atoms with Crippen molar-refractivity contribution in [3.63, 3.8) is 0 Å². The summed E-state index contributed by atoms with van der Waals surface area (Å²) in [6.45, 7) is 0. The number of furan rings is 1. The molecule has 2 nitrogen and oxygen atoms in total. The molecule has 1 heterocycles. The van der Waals surface area contributed by atoms with Crippen molar-refractivity contribution in [2.24, 2.45) is 0 Å². The standard InChI is InChI=1S/C11H6BrFO2/c12-10-5-8(13)1-2-9(10)11(14)7-3-4-15-6-7/h1-6H. The highest BCUT2D eigenvalue weighted by atomic mass is 79.9. The van der Waals surface area contributed by atoms with E-state index in [-0.39, 0.29) is 11.6 Å². The molecule has 76 valence electrons. The number of halogens is 2. The Kier molecular flexibility index (Phi) is 2.68. The third kappa shape index (κ3) is 1.99.